The van der Waals surface area contributed by atoms with Crippen molar-refractivity contribution >= 4 is 34.2 Å². The van der Waals surface area contributed by atoms with Crippen molar-refractivity contribution in [2.75, 3.05) is 0 Å². The van der Waals surface area contributed by atoms with Crippen LogP contribution in [0, 0.1) is 5.82 Å². The molecule has 182 valence electrons. The third kappa shape index (κ3) is 5.74. The molecule has 0 saturated heterocycles. The highest BCUT2D eigenvalue weighted by Gasteiger charge is 2.34. The topological polar surface area (TPSA) is 80.1 Å². The summed E-state index contributed by atoms with van der Waals surface area (Å²) in [6.45, 7) is 5.98. The normalized spacial score (nSPS) is 12.5. The molecule has 0 aliphatic carbocycles. The molecule has 35 heavy (non-hydrogen) atoms. The molecule has 9 heteroatoms. The first-order valence-corrected chi connectivity index (χ1v) is 12.3. The second-order valence-electron chi connectivity index (χ2n) is 9.02. The number of hydrogen-bond acceptors (Lipinski definition) is 5. The molecular weight excluding hydrogens is 465 g/mol. The summed E-state index contributed by atoms with van der Waals surface area (Å²) in [6, 6.07) is 16.0. The average molecular weight is 494 g/mol. The van der Waals surface area contributed by atoms with Crippen molar-refractivity contribution in [1.29, 1.82) is 0 Å². The van der Waals surface area contributed by atoms with Crippen molar-refractivity contribution in [3.05, 3.63) is 82.3 Å². The minimum Gasteiger partial charge on any atom is -0.349 e. The van der Waals surface area contributed by atoms with Crippen molar-refractivity contribution in [1.82, 2.24) is 25.2 Å². The van der Waals surface area contributed by atoms with Crippen LogP contribution in [-0.2, 0) is 22.7 Å². The zero-order chi connectivity index (χ0) is 25.0. The number of fused-ring (bicyclic) bond motifs is 1. The van der Waals surface area contributed by atoms with Crippen molar-refractivity contribution in [2.45, 2.75) is 51.9 Å². The molecule has 2 heterocycles. The van der Waals surface area contributed by atoms with Gasteiger partial charge in [-0.05, 0) is 61.5 Å². The molecule has 0 aliphatic heterocycles. The molecule has 2 amide bonds. The molecule has 0 saturated carbocycles. The van der Waals surface area contributed by atoms with Gasteiger partial charge >= 0.3 is 0 Å². The number of carbonyl (C=O) groups excluding carboxylic acids is 2. The van der Waals surface area contributed by atoms with Gasteiger partial charge in [0.05, 0.1) is 12.1 Å². The Balaban J connectivity index is 1.74. The van der Waals surface area contributed by atoms with Crippen LogP contribution in [0.15, 0.2) is 66.0 Å². The molecule has 4 aromatic rings. The van der Waals surface area contributed by atoms with E-state index in [-0.39, 0.29) is 24.9 Å². The lowest BCUT2D eigenvalue weighted by Crippen LogP contribution is -2.50. The van der Waals surface area contributed by atoms with Gasteiger partial charge < -0.3 is 10.2 Å². The maximum atomic E-state index is 13.8. The van der Waals surface area contributed by atoms with Gasteiger partial charge in [0, 0.05) is 10.4 Å². The molecule has 4 rings (SSSR count). The molecular formula is C26H28FN5O2S. The number of para-hydroxylation sites is 1. The van der Waals surface area contributed by atoms with E-state index in [0.717, 1.165) is 10.4 Å². The molecule has 7 nitrogen and oxygen atoms in total. The van der Waals surface area contributed by atoms with E-state index in [1.807, 2.05) is 62.5 Å². The van der Waals surface area contributed by atoms with E-state index in [0.29, 0.717) is 17.5 Å². The van der Waals surface area contributed by atoms with E-state index in [4.69, 9.17) is 0 Å². The Kier molecular flexibility index (Phi) is 7.25. The molecule has 0 aliphatic rings. The summed E-state index contributed by atoms with van der Waals surface area (Å²) in [6.07, 6.45) is 0.707. The van der Waals surface area contributed by atoms with Crippen LogP contribution in [-0.4, -0.2) is 37.2 Å². The van der Waals surface area contributed by atoms with Crippen LogP contribution < -0.4 is 5.32 Å². The Bertz CT molecular complexity index is 1300. The van der Waals surface area contributed by atoms with Crippen molar-refractivity contribution < 1.29 is 14.0 Å². The minimum atomic E-state index is -0.953. The summed E-state index contributed by atoms with van der Waals surface area (Å²) >= 11 is 1.50. The minimum absolute atomic E-state index is 0.0893. The van der Waals surface area contributed by atoms with Crippen LogP contribution in [0.25, 0.3) is 11.0 Å². The van der Waals surface area contributed by atoms with Gasteiger partial charge in [-0.15, -0.1) is 16.4 Å². The lowest BCUT2D eigenvalue weighted by atomic mass is 9.98. The van der Waals surface area contributed by atoms with Gasteiger partial charge in [-0.2, -0.15) is 0 Å². The lowest BCUT2D eigenvalue weighted by molar-refractivity contribution is -0.142. The number of halogens is 1. The smallest absolute Gasteiger partial charge is 0.247 e. The summed E-state index contributed by atoms with van der Waals surface area (Å²) < 4.78 is 15.3. The van der Waals surface area contributed by atoms with Crippen LogP contribution in [0.5, 0.6) is 0 Å². The second kappa shape index (κ2) is 10.4. The first-order valence-electron chi connectivity index (χ1n) is 11.4. The predicted molar refractivity (Wildman–Crippen MR) is 134 cm³/mol. The maximum Gasteiger partial charge on any atom is 0.247 e. The molecule has 2 aromatic carbocycles. The van der Waals surface area contributed by atoms with Crippen LogP contribution in [0.4, 0.5) is 4.39 Å². The van der Waals surface area contributed by atoms with Crippen LogP contribution >= 0.6 is 11.3 Å². The highest BCUT2D eigenvalue weighted by atomic mass is 32.1. The highest BCUT2D eigenvalue weighted by Crippen LogP contribution is 2.27. The third-order valence-corrected chi connectivity index (χ3v) is 6.88. The van der Waals surface area contributed by atoms with Gasteiger partial charge in [0.2, 0.25) is 11.8 Å². The average Bonchev–Trinajstić information content (AvgIpc) is 3.50. The zero-order valence-corrected chi connectivity index (χ0v) is 20.8. The second-order valence-corrected chi connectivity index (χ2v) is 10.0. The number of nitrogens with one attached hydrogen (secondary N) is 1. The summed E-state index contributed by atoms with van der Waals surface area (Å²) in [5, 5.41) is 13.3. The predicted octanol–water partition coefficient (Wildman–Crippen LogP) is 4.71. The number of thiophene rings is 1. The fourth-order valence-electron chi connectivity index (χ4n) is 3.76. The van der Waals surface area contributed by atoms with Gasteiger partial charge in [0.25, 0.3) is 0 Å². The molecule has 1 N–H and O–H groups in total. The van der Waals surface area contributed by atoms with Gasteiger partial charge in [-0.1, -0.05) is 42.5 Å². The van der Waals surface area contributed by atoms with Gasteiger partial charge in [0.1, 0.15) is 23.9 Å². The van der Waals surface area contributed by atoms with Crippen molar-refractivity contribution in [3.8, 4) is 0 Å². The van der Waals surface area contributed by atoms with Gasteiger partial charge in [-0.3, -0.25) is 9.59 Å². The van der Waals surface area contributed by atoms with E-state index < -0.39 is 17.4 Å². The molecule has 0 spiro atoms. The van der Waals surface area contributed by atoms with E-state index in [9.17, 15) is 14.0 Å². The maximum absolute atomic E-state index is 13.8. The first kappa shape index (κ1) is 24.5. The van der Waals surface area contributed by atoms with E-state index in [1.165, 1.54) is 33.1 Å². The fraction of sp³-hybridized carbons (Fsp3) is 0.308. The Morgan fingerprint density at radius 1 is 1.11 bits per heavy atom. The molecule has 0 bridgehead atoms. The number of nitrogens with zero attached hydrogens (tertiary/aromatic N) is 4. The molecule has 0 radical (unpaired) electrons. The quantitative estimate of drug-likeness (QED) is 0.366. The Labute approximate surface area is 207 Å². The standard InChI is InChI=1S/C26H28FN5O2S/c1-4-26(2,3)28-25(34)24(18-11-13-19(27)14-12-18)31(16-20-8-7-15-35-20)23(33)17-32-22-10-6-5-9-21(22)29-30-32/h5-15,24H,4,16-17H2,1-3H3,(H,28,34). The number of aromatic nitrogens is 3. The highest BCUT2D eigenvalue weighted by molar-refractivity contribution is 7.09. The molecule has 1 atom stereocenters. The monoisotopic (exact) mass is 493 g/mol. The van der Waals surface area contributed by atoms with E-state index >= 15 is 0 Å². The number of amides is 2. The Morgan fingerprint density at radius 2 is 1.86 bits per heavy atom. The Morgan fingerprint density at radius 3 is 2.54 bits per heavy atom. The van der Waals surface area contributed by atoms with Gasteiger partial charge in [0.15, 0.2) is 0 Å². The number of rotatable bonds is 9. The summed E-state index contributed by atoms with van der Waals surface area (Å²) in [5.41, 5.74) is 1.47. The summed E-state index contributed by atoms with van der Waals surface area (Å²) in [4.78, 5) is 29.9. The van der Waals surface area contributed by atoms with Crippen LogP contribution in [0.1, 0.15) is 43.7 Å². The Hall–Kier alpha value is -3.59. The lowest BCUT2D eigenvalue weighted by Gasteiger charge is -2.34. The fourth-order valence-corrected chi connectivity index (χ4v) is 4.46. The van der Waals surface area contributed by atoms with Gasteiger partial charge in [-0.25, -0.2) is 9.07 Å². The summed E-state index contributed by atoms with van der Waals surface area (Å²) in [5.74, 6) is -1.03. The van der Waals surface area contributed by atoms with Crippen LogP contribution in [0.2, 0.25) is 0 Å². The summed E-state index contributed by atoms with van der Waals surface area (Å²) in [7, 11) is 0. The first-order chi connectivity index (χ1) is 16.8. The number of hydrogen-bond donors (Lipinski definition) is 1. The molecule has 1 unspecified atom stereocenters. The SMILES string of the molecule is CCC(C)(C)NC(=O)C(c1ccc(F)cc1)N(Cc1cccs1)C(=O)Cn1nnc2ccccc21. The number of benzene rings is 2. The molecule has 2 aromatic heterocycles. The molecule has 0 fully saturated rings. The van der Waals surface area contributed by atoms with E-state index in [1.54, 1.807) is 12.1 Å². The van der Waals surface area contributed by atoms with E-state index in [2.05, 4.69) is 15.6 Å². The number of carbonyl (C=O) groups is 2. The zero-order valence-electron chi connectivity index (χ0n) is 19.9. The van der Waals surface area contributed by atoms with Crippen molar-refractivity contribution in [3.63, 3.8) is 0 Å². The van der Waals surface area contributed by atoms with Crippen molar-refractivity contribution in [2.24, 2.45) is 0 Å². The third-order valence-electron chi connectivity index (χ3n) is 6.02. The largest absolute Gasteiger partial charge is 0.349 e. The van der Waals surface area contributed by atoms with Crippen LogP contribution in [0.3, 0.4) is 0 Å².